The number of aromatic nitrogens is 3. The van der Waals surface area contributed by atoms with Gasteiger partial charge in [-0.05, 0) is 25.5 Å². The van der Waals surface area contributed by atoms with Gasteiger partial charge in [0.25, 0.3) is 0 Å². The first-order valence-electron chi connectivity index (χ1n) is 8.90. The fourth-order valence-corrected chi connectivity index (χ4v) is 3.85. The van der Waals surface area contributed by atoms with E-state index < -0.39 is 29.9 Å². The molecule has 2 heterocycles. The van der Waals surface area contributed by atoms with E-state index in [1.807, 2.05) is 30.3 Å². The van der Waals surface area contributed by atoms with Crippen LogP contribution in [0.5, 0.6) is 0 Å². The van der Waals surface area contributed by atoms with Crippen molar-refractivity contribution in [3.8, 4) is 11.3 Å². The van der Waals surface area contributed by atoms with Crippen LogP contribution >= 0.6 is 0 Å². The monoisotopic (exact) mass is 370 g/mol. The third kappa shape index (κ3) is 3.12. The number of hydrogen-bond acceptors (Lipinski definition) is 6. The average molecular weight is 370 g/mol. The van der Waals surface area contributed by atoms with Crippen molar-refractivity contribution in [2.45, 2.75) is 31.6 Å². The number of para-hydroxylation sites is 1. The van der Waals surface area contributed by atoms with E-state index in [2.05, 4.69) is 20.3 Å². The summed E-state index contributed by atoms with van der Waals surface area (Å²) in [6.07, 6.45) is -1.70. The summed E-state index contributed by atoms with van der Waals surface area (Å²) < 4.78 is 0. The number of aliphatic hydroxyl groups is 3. The molecule has 0 radical (unpaired) electrons. The maximum atomic E-state index is 11.9. The van der Waals surface area contributed by atoms with Gasteiger partial charge in [-0.3, -0.25) is 0 Å². The summed E-state index contributed by atoms with van der Waals surface area (Å²) >= 11 is 0. The standard InChI is InChI=1S/C19H22N4O4/c1-9-15(13-6-10-4-2-3-5-12(10)21-13)18(23-19(27)20-9)22-14-7-11(8-24)16(25)17(14)26/h2-6,11,14,16-17,21,24-26H,7-8H2,1H3,(H2,20,22,23,27). The second-order valence-electron chi connectivity index (χ2n) is 7.07. The molecule has 1 saturated carbocycles. The Morgan fingerprint density at radius 3 is 2.70 bits per heavy atom. The van der Waals surface area contributed by atoms with Crippen LogP contribution in [0, 0.1) is 12.8 Å². The molecule has 8 heteroatoms. The molecule has 8 nitrogen and oxygen atoms in total. The minimum absolute atomic E-state index is 0.215. The molecule has 1 aromatic carbocycles. The number of hydrogen-bond donors (Lipinski definition) is 6. The lowest BCUT2D eigenvalue weighted by molar-refractivity contribution is 0.00446. The molecule has 0 spiro atoms. The number of anilines is 1. The lowest BCUT2D eigenvalue weighted by atomic mass is 10.1. The third-order valence-corrected chi connectivity index (χ3v) is 5.28. The van der Waals surface area contributed by atoms with E-state index in [4.69, 9.17) is 0 Å². The normalized spacial score (nSPS) is 25.2. The molecule has 1 fully saturated rings. The van der Waals surface area contributed by atoms with Crippen molar-refractivity contribution in [2.24, 2.45) is 5.92 Å². The van der Waals surface area contributed by atoms with Gasteiger partial charge in [-0.1, -0.05) is 18.2 Å². The summed E-state index contributed by atoms with van der Waals surface area (Å²) in [6, 6.07) is 9.28. The molecule has 0 bridgehead atoms. The highest BCUT2D eigenvalue weighted by Crippen LogP contribution is 2.33. The molecule has 142 valence electrons. The summed E-state index contributed by atoms with van der Waals surface area (Å²) in [7, 11) is 0. The van der Waals surface area contributed by atoms with Gasteiger partial charge < -0.3 is 30.6 Å². The van der Waals surface area contributed by atoms with E-state index in [1.165, 1.54) is 0 Å². The van der Waals surface area contributed by atoms with Crippen molar-refractivity contribution in [1.82, 2.24) is 15.0 Å². The fraction of sp³-hybridized carbons (Fsp3) is 0.368. The minimum Gasteiger partial charge on any atom is -0.396 e. The van der Waals surface area contributed by atoms with Crippen LogP contribution in [0.1, 0.15) is 12.1 Å². The lowest BCUT2D eigenvalue weighted by Gasteiger charge is -2.20. The second-order valence-corrected chi connectivity index (χ2v) is 7.07. The molecule has 1 aliphatic rings. The molecule has 0 aliphatic heterocycles. The maximum absolute atomic E-state index is 11.9. The van der Waals surface area contributed by atoms with E-state index in [1.54, 1.807) is 6.92 Å². The van der Waals surface area contributed by atoms with E-state index in [0.29, 0.717) is 23.5 Å². The topological polar surface area (TPSA) is 134 Å². The SMILES string of the molecule is Cc1[nH]c(=O)nc(NC2CC(CO)C(O)C2O)c1-c1cc2ccccc2[nH]1. The molecule has 1 aliphatic carbocycles. The van der Waals surface area contributed by atoms with Crippen LogP contribution in [0.2, 0.25) is 0 Å². The lowest BCUT2D eigenvalue weighted by Crippen LogP contribution is -2.36. The highest BCUT2D eigenvalue weighted by atomic mass is 16.3. The first-order chi connectivity index (χ1) is 13.0. The number of nitrogens with zero attached hydrogens (tertiary/aromatic N) is 1. The molecule has 2 aromatic heterocycles. The second kappa shape index (κ2) is 6.80. The van der Waals surface area contributed by atoms with Gasteiger partial charge in [0, 0.05) is 29.1 Å². The van der Waals surface area contributed by atoms with E-state index in [-0.39, 0.29) is 6.61 Å². The molecular weight excluding hydrogens is 348 g/mol. The van der Waals surface area contributed by atoms with E-state index >= 15 is 0 Å². The number of H-pyrrole nitrogens is 2. The first-order valence-corrected chi connectivity index (χ1v) is 8.90. The molecule has 4 unspecified atom stereocenters. The Balaban J connectivity index is 1.76. The van der Waals surface area contributed by atoms with E-state index in [9.17, 15) is 20.1 Å². The summed E-state index contributed by atoms with van der Waals surface area (Å²) in [5.41, 5.74) is 2.57. The van der Waals surface area contributed by atoms with Crippen LogP contribution < -0.4 is 11.0 Å². The number of rotatable bonds is 4. The molecule has 4 atom stereocenters. The largest absolute Gasteiger partial charge is 0.396 e. The molecule has 0 saturated heterocycles. The number of fused-ring (bicyclic) bond motifs is 1. The summed E-state index contributed by atoms with van der Waals surface area (Å²) in [5.74, 6) is -0.0882. The predicted molar refractivity (Wildman–Crippen MR) is 102 cm³/mol. The van der Waals surface area contributed by atoms with Gasteiger partial charge in [0.15, 0.2) is 0 Å². The Kier molecular flexibility index (Phi) is 4.47. The van der Waals surface area contributed by atoms with Crippen LogP contribution in [0.3, 0.4) is 0 Å². The summed E-state index contributed by atoms with van der Waals surface area (Å²) in [4.78, 5) is 22.0. The number of benzene rings is 1. The first kappa shape index (κ1) is 17.7. The number of aromatic amines is 2. The van der Waals surface area contributed by atoms with Crippen LogP contribution in [0.4, 0.5) is 5.82 Å². The van der Waals surface area contributed by atoms with Gasteiger partial charge in [-0.2, -0.15) is 4.98 Å². The van der Waals surface area contributed by atoms with Crippen molar-refractivity contribution in [3.05, 3.63) is 46.5 Å². The van der Waals surface area contributed by atoms with Crippen LogP contribution in [-0.4, -0.2) is 55.1 Å². The fourth-order valence-electron chi connectivity index (χ4n) is 3.85. The Bertz CT molecular complexity index is 995. The zero-order valence-electron chi connectivity index (χ0n) is 14.8. The highest BCUT2D eigenvalue weighted by molar-refractivity contribution is 5.88. The quantitative estimate of drug-likeness (QED) is 0.401. The summed E-state index contributed by atoms with van der Waals surface area (Å²) in [6.45, 7) is 1.57. The van der Waals surface area contributed by atoms with Gasteiger partial charge in [-0.25, -0.2) is 4.79 Å². The number of nitrogens with one attached hydrogen (secondary N) is 3. The molecule has 6 N–H and O–H groups in total. The number of aliphatic hydroxyl groups excluding tert-OH is 3. The average Bonchev–Trinajstić information content (AvgIpc) is 3.17. The Morgan fingerprint density at radius 1 is 1.22 bits per heavy atom. The highest BCUT2D eigenvalue weighted by Gasteiger charge is 2.41. The molecule has 27 heavy (non-hydrogen) atoms. The Labute approximate surface area is 154 Å². The predicted octanol–water partition coefficient (Wildman–Crippen LogP) is 0.741. The van der Waals surface area contributed by atoms with Crippen molar-refractivity contribution >= 4 is 16.7 Å². The van der Waals surface area contributed by atoms with Crippen molar-refractivity contribution in [2.75, 3.05) is 11.9 Å². The molecule has 0 amide bonds. The van der Waals surface area contributed by atoms with Crippen molar-refractivity contribution in [1.29, 1.82) is 0 Å². The Morgan fingerprint density at radius 2 is 2.00 bits per heavy atom. The van der Waals surface area contributed by atoms with Crippen molar-refractivity contribution < 1.29 is 15.3 Å². The van der Waals surface area contributed by atoms with Gasteiger partial charge in [0.1, 0.15) is 11.9 Å². The van der Waals surface area contributed by atoms with Gasteiger partial charge in [-0.15, -0.1) is 0 Å². The summed E-state index contributed by atoms with van der Waals surface area (Å²) in [5, 5.41) is 33.8. The number of aryl methyl sites for hydroxylation is 1. The van der Waals surface area contributed by atoms with E-state index in [0.717, 1.165) is 16.6 Å². The molecular formula is C19H22N4O4. The molecule has 3 aromatic rings. The third-order valence-electron chi connectivity index (χ3n) is 5.28. The maximum Gasteiger partial charge on any atom is 0.347 e. The van der Waals surface area contributed by atoms with Gasteiger partial charge >= 0.3 is 5.69 Å². The van der Waals surface area contributed by atoms with Crippen LogP contribution in [0.25, 0.3) is 22.2 Å². The Hall–Kier alpha value is -2.68. The van der Waals surface area contributed by atoms with Crippen molar-refractivity contribution in [3.63, 3.8) is 0 Å². The van der Waals surface area contributed by atoms with Crippen LogP contribution in [-0.2, 0) is 0 Å². The van der Waals surface area contributed by atoms with Gasteiger partial charge in [0.2, 0.25) is 0 Å². The molecule has 4 rings (SSSR count). The van der Waals surface area contributed by atoms with Crippen LogP contribution in [0.15, 0.2) is 35.1 Å². The smallest absolute Gasteiger partial charge is 0.347 e. The van der Waals surface area contributed by atoms with Gasteiger partial charge in [0.05, 0.1) is 23.4 Å². The zero-order chi connectivity index (χ0) is 19.1. The minimum atomic E-state index is -1.06. The zero-order valence-corrected chi connectivity index (χ0v) is 14.8.